The normalized spacial score (nSPS) is 11.7. The Kier molecular flexibility index (Phi) is 4.68. The number of benzene rings is 1. The Bertz CT molecular complexity index is 592. The van der Waals surface area contributed by atoms with Crippen molar-refractivity contribution in [3.8, 4) is 0 Å². The minimum absolute atomic E-state index is 0.0434. The van der Waals surface area contributed by atoms with Crippen LogP contribution in [0.15, 0.2) is 21.5 Å². The maximum atomic E-state index is 12.1. The smallest absolute Gasteiger partial charge is 0.315 e. The average molecular weight is 363 g/mol. The number of alkyl halides is 2. The number of carbonyl (C=O) groups excluding carboxylic acids is 1. The van der Waals surface area contributed by atoms with Crippen molar-refractivity contribution in [1.82, 2.24) is 0 Å². The lowest BCUT2D eigenvalue weighted by atomic mass is 10.2. The molecule has 18 heavy (non-hydrogen) atoms. The maximum absolute atomic E-state index is 12.1. The van der Waals surface area contributed by atoms with Crippen LogP contribution in [0.4, 0.5) is 14.5 Å². The number of rotatable bonds is 3. The number of amides is 1. The molecule has 0 saturated heterocycles. The fourth-order valence-corrected chi connectivity index (χ4v) is 3.00. The van der Waals surface area contributed by atoms with Gasteiger partial charge in [-0.2, -0.15) is 8.78 Å². The molecule has 100 valence electrons. The average Bonchev–Trinajstić information content (AvgIpc) is 2.20. The summed E-state index contributed by atoms with van der Waals surface area (Å²) in [4.78, 5) is 10.7. The van der Waals surface area contributed by atoms with E-state index in [1.165, 1.54) is 13.0 Å². The molecular weight excluding hydrogens is 356 g/mol. The summed E-state index contributed by atoms with van der Waals surface area (Å²) in [7, 11) is 1.25. The van der Waals surface area contributed by atoms with E-state index < -0.39 is 21.4 Å². The van der Waals surface area contributed by atoms with Crippen LogP contribution in [0.3, 0.4) is 0 Å². The molecule has 9 heteroatoms. The summed E-state index contributed by atoms with van der Waals surface area (Å²) in [5.74, 6) is -1.48. The minimum Gasteiger partial charge on any atom is -0.320 e. The SMILES string of the molecule is Cc1cc(NC(=O)C(F)F)c(Br)cc1S(=O)(=O)Cl. The lowest BCUT2D eigenvalue weighted by Gasteiger charge is -2.10. The zero-order valence-electron chi connectivity index (χ0n) is 8.88. The molecule has 0 saturated carbocycles. The summed E-state index contributed by atoms with van der Waals surface area (Å²) in [6.07, 6.45) is -3.16. The highest BCUT2D eigenvalue weighted by atomic mass is 79.9. The summed E-state index contributed by atoms with van der Waals surface area (Å²) < 4.78 is 46.7. The lowest BCUT2D eigenvalue weighted by Crippen LogP contribution is -2.20. The van der Waals surface area contributed by atoms with Crippen molar-refractivity contribution < 1.29 is 22.0 Å². The predicted octanol–water partition coefficient (Wildman–Crippen LogP) is 2.89. The van der Waals surface area contributed by atoms with Crippen LogP contribution in [0.25, 0.3) is 0 Å². The summed E-state index contributed by atoms with van der Waals surface area (Å²) in [5, 5.41) is 1.96. The highest BCUT2D eigenvalue weighted by molar-refractivity contribution is 9.10. The van der Waals surface area contributed by atoms with E-state index in [9.17, 15) is 22.0 Å². The lowest BCUT2D eigenvalue weighted by molar-refractivity contribution is -0.126. The van der Waals surface area contributed by atoms with Crippen molar-refractivity contribution in [1.29, 1.82) is 0 Å². The zero-order valence-corrected chi connectivity index (χ0v) is 12.0. The predicted molar refractivity (Wildman–Crippen MR) is 66.6 cm³/mol. The van der Waals surface area contributed by atoms with E-state index in [2.05, 4.69) is 15.9 Å². The molecule has 4 nitrogen and oxygen atoms in total. The van der Waals surface area contributed by atoms with Gasteiger partial charge in [-0.1, -0.05) is 0 Å². The molecule has 0 unspecified atom stereocenters. The number of nitrogens with one attached hydrogen (secondary N) is 1. The molecule has 1 N–H and O–H groups in total. The van der Waals surface area contributed by atoms with Gasteiger partial charge < -0.3 is 5.32 Å². The topological polar surface area (TPSA) is 63.2 Å². The molecule has 1 aromatic rings. The van der Waals surface area contributed by atoms with Crippen molar-refractivity contribution in [2.75, 3.05) is 5.32 Å². The highest BCUT2D eigenvalue weighted by Crippen LogP contribution is 2.30. The highest BCUT2D eigenvalue weighted by Gasteiger charge is 2.20. The molecule has 1 aromatic carbocycles. The van der Waals surface area contributed by atoms with E-state index in [-0.39, 0.29) is 20.6 Å². The third-order valence-corrected chi connectivity index (χ3v) is 4.10. The fraction of sp³-hybridized carbons (Fsp3) is 0.222. The number of aryl methyl sites for hydroxylation is 1. The van der Waals surface area contributed by atoms with Gasteiger partial charge in [-0.3, -0.25) is 4.79 Å². The molecule has 1 rings (SSSR count). The van der Waals surface area contributed by atoms with Gasteiger partial charge in [0.25, 0.3) is 15.0 Å². The molecule has 1 amide bonds. The molecule has 0 aromatic heterocycles. The zero-order chi connectivity index (χ0) is 14.1. The van der Waals surface area contributed by atoms with E-state index in [0.29, 0.717) is 0 Å². The summed E-state index contributed by atoms with van der Waals surface area (Å²) >= 11 is 2.97. The second-order valence-electron chi connectivity index (χ2n) is 3.33. The van der Waals surface area contributed by atoms with Crippen LogP contribution in [0.2, 0.25) is 0 Å². The Balaban J connectivity index is 3.20. The minimum atomic E-state index is -3.94. The first-order chi connectivity index (χ1) is 8.12. The number of halogens is 4. The first kappa shape index (κ1) is 15.3. The number of anilines is 1. The largest absolute Gasteiger partial charge is 0.320 e. The molecule has 0 fully saturated rings. The first-order valence-corrected chi connectivity index (χ1v) is 7.57. The van der Waals surface area contributed by atoms with Gasteiger partial charge in [-0.05, 0) is 40.5 Å². The van der Waals surface area contributed by atoms with Gasteiger partial charge in [0.2, 0.25) is 0 Å². The Hall–Kier alpha value is -0.730. The van der Waals surface area contributed by atoms with Crippen molar-refractivity contribution in [2.24, 2.45) is 0 Å². The number of carbonyl (C=O) groups is 1. The van der Waals surface area contributed by atoms with Crippen molar-refractivity contribution >= 4 is 47.3 Å². The Morgan fingerprint density at radius 2 is 2.00 bits per heavy atom. The van der Waals surface area contributed by atoms with Crippen LogP contribution in [-0.4, -0.2) is 20.8 Å². The maximum Gasteiger partial charge on any atom is 0.315 e. The first-order valence-electron chi connectivity index (χ1n) is 4.46. The molecule has 0 spiro atoms. The van der Waals surface area contributed by atoms with Crippen molar-refractivity contribution in [2.45, 2.75) is 18.2 Å². The molecule has 0 radical (unpaired) electrons. The number of hydrogen-bond acceptors (Lipinski definition) is 3. The third-order valence-electron chi connectivity index (χ3n) is 1.98. The van der Waals surface area contributed by atoms with Crippen molar-refractivity contribution in [3.63, 3.8) is 0 Å². The number of hydrogen-bond donors (Lipinski definition) is 1. The Morgan fingerprint density at radius 3 is 2.44 bits per heavy atom. The van der Waals surface area contributed by atoms with E-state index in [1.807, 2.05) is 5.32 Å². The van der Waals surface area contributed by atoms with Crippen LogP contribution in [-0.2, 0) is 13.8 Å². The van der Waals surface area contributed by atoms with Gasteiger partial charge >= 0.3 is 6.43 Å². The third kappa shape index (κ3) is 3.63. The van der Waals surface area contributed by atoms with E-state index in [0.717, 1.165) is 6.07 Å². The van der Waals surface area contributed by atoms with Gasteiger partial charge in [0.15, 0.2) is 0 Å². The van der Waals surface area contributed by atoms with Gasteiger partial charge in [0.05, 0.1) is 10.6 Å². The van der Waals surface area contributed by atoms with Crippen LogP contribution < -0.4 is 5.32 Å². The van der Waals surface area contributed by atoms with Gasteiger partial charge in [-0.25, -0.2) is 8.42 Å². The van der Waals surface area contributed by atoms with Gasteiger partial charge in [0, 0.05) is 15.2 Å². The van der Waals surface area contributed by atoms with Crippen LogP contribution >= 0.6 is 26.6 Å². The van der Waals surface area contributed by atoms with Gasteiger partial charge in [0.1, 0.15) is 0 Å². The van der Waals surface area contributed by atoms with Crippen LogP contribution in [0.5, 0.6) is 0 Å². The summed E-state index contributed by atoms with van der Waals surface area (Å²) in [6.45, 7) is 1.43. The summed E-state index contributed by atoms with van der Waals surface area (Å²) in [5.41, 5.74) is 0.277. The molecule has 0 aliphatic carbocycles. The second-order valence-corrected chi connectivity index (χ2v) is 6.71. The van der Waals surface area contributed by atoms with E-state index in [4.69, 9.17) is 10.7 Å². The van der Waals surface area contributed by atoms with Crippen molar-refractivity contribution in [3.05, 3.63) is 22.2 Å². The van der Waals surface area contributed by atoms with E-state index >= 15 is 0 Å². The fourth-order valence-electron chi connectivity index (χ4n) is 1.21. The Labute approximate surface area is 115 Å². The molecule has 0 bridgehead atoms. The molecule has 0 aliphatic heterocycles. The summed E-state index contributed by atoms with van der Waals surface area (Å²) in [6, 6.07) is 2.37. The second kappa shape index (κ2) is 5.50. The monoisotopic (exact) mass is 361 g/mol. The van der Waals surface area contributed by atoms with E-state index in [1.54, 1.807) is 0 Å². The molecule has 0 heterocycles. The van der Waals surface area contributed by atoms with Crippen LogP contribution in [0.1, 0.15) is 5.56 Å². The molecule has 0 aliphatic rings. The molecule has 0 atom stereocenters. The van der Waals surface area contributed by atoms with Crippen LogP contribution in [0, 0.1) is 6.92 Å². The standard InChI is InChI=1S/C9H7BrClF2NO3S/c1-4-2-6(14-9(15)8(12)13)5(10)3-7(4)18(11,16)17/h2-3,8H,1H3,(H,14,15). The quantitative estimate of drug-likeness (QED) is 0.841. The molecular formula is C9H7BrClF2NO3S. The Morgan fingerprint density at radius 1 is 1.44 bits per heavy atom. The van der Waals surface area contributed by atoms with Gasteiger partial charge in [-0.15, -0.1) is 0 Å².